The zero-order valence-electron chi connectivity index (χ0n) is 8.77. The van der Waals surface area contributed by atoms with Gasteiger partial charge in [-0.3, -0.25) is 0 Å². The summed E-state index contributed by atoms with van der Waals surface area (Å²) in [5.41, 5.74) is 5.77. The molecule has 2 aliphatic rings. The topological polar surface area (TPSA) is 46.2 Å². The molecule has 2 saturated carbocycles. The van der Waals surface area contributed by atoms with E-state index >= 15 is 0 Å². The lowest BCUT2D eigenvalue weighted by Crippen LogP contribution is -2.67. The van der Waals surface area contributed by atoms with Crippen LogP contribution in [0.3, 0.4) is 0 Å². The second-order valence-electron chi connectivity index (χ2n) is 5.91. The van der Waals surface area contributed by atoms with Gasteiger partial charge in [0.15, 0.2) is 0 Å². The fourth-order valence-electron chi connectivity index (χ4n) is 3.35. The molecule has 0 radical (unpaired) electrons. The molecule has 0 bridgehead atoms. The predicted octanol–water partition coefficient (Wildman–Crippen LogP) is 1.81. The Kier molecular flexibility index (Phi) is 1.81. The SMILES string of the molecule is CC1(C)CC(O)(C2(N)CCCC2)C1. The minimum absolute atomic E-state index is 0.261. The number of hydrogen-bond donors (Lipinski definition) is 2. The first-order chi connectivity index (χ1) is 5.87. The highest BCUT2D eigenvalue weighted by atomic mass is 16.3. The second-order valence-corrected chi connectivity index (χ2v) is 5.91. The van der Waals surface area contributed by atoms with E-state index in [4.69, 9.17) is 5.73 Å². The van der Waals surface area contributed by atoms with Crippen molar-refractivity contribution >= 4 is 0 Å². The van der Waals surface area contributed by atoms with Crippen LogP contribution in [0, 0.1) is 5.41 Å². The van der Waals surface area contributed by atoms with E-state index in [1.54, 1.807) is 0 Å². The number of rotatable bonds is 1. The summed E-state index contributed by atoms with van der Waals surface area (Å²) in [6.07, 6.45) is 6.19. The van der Waals surface area contributed by atoms with Crippen molar-refractivity contribution in [2.75, 3.05) is 0 Å². The Morgan fingerprint density at radius 3 is 1.92 bits per heavy atom. The largest absolute Gasteiger partial charge is 0.388 e. The van der Waals surface area contributed by atoms with Crippen LogP contribution in [0.1, 0.15) is 52.4 Å². The van der Waals surface area contributed by atoms with Crippen molar-refractivity contribution in [1.82, 2.24) is 0 Å². The zero-order valence-corrected chi connectivity index (χ0v) is 8.77. The molecule has 0 heterocycles. The van der Waals surface area contributed by atoms with Crippen LogP contribution in [-0.2, 0) is 0 Å². The Bertz CT molecular complexity index is 208. The van der Waals surface area contributed by atoms with Gasteiger partial charge in [0.25, 0.3) is 0 Å². The Morgan fingerprint density at radius 1 is 1.08 bits per heavy atom. The molecule has 76 valence electrons. The average molecular weight is 183 g/mol. The van der Waals surface area contributed by atoms with Gasteiger partial charge in [-0.05, 0) is 31.1 Å². The summed E-state index contributed by atoms with van der Waals surface area (Å²) in [6, 6.07) is 0. The van der Waals surface area contributed by atoms with Crippen molar-refractivity contribution in [3.05, 3.63) is 0 Å². The van der Waals surface area contributed by atoms with Crippen LogP contribution in [0.4, 0.5) is 0 Å². The molecule has 0 spiro atoms. The van der Waals surface area contributed by atoms with Crippen LogP contribution in [-0.4, -0.2) is 16.2 Å². The molecule has 0 amide bonds. The molecular weight excluding hydrogens is 162 g/mol. The maximum atomic E-state index is 10.4. The van der Waals surface area contributed by atoms with E-state index < -0.39 is 5.60 Å². The zero-order chi connectivity index (χ0) is 9.74. The van der Waals surface area contributed by atoms with E-state index in [0.29, 0.717) is 5.41 Å². The third-order valence-electron chi connectivity index (χ3n) is 3.96. The molecule has 0 aromatic heterocycles. The summed E-state index contributed by atoms with van der Waals surface area (Å²) in [5, 5.41) is 10.4. The highest BCUT2D eigenvalue weighted by Gasteiger charge is 2.59. The Hall–Kier alpha value is -0.0800. The molecule has 0 saturated heterocycles. The number of nitrogens with two attached hydrogens (primary N) is 1. The maximum absolute atomic E-state index is 10.4. The van der Waals surface area contributed by atoms with Crippen molar-refractivity contribution in [1.29, 1.82) is 0 Å². The lowest BCUT2D eigenvalue weighted by molar-refractivity contribution is -0.159. The van der Waals surface area contributed by atoms with Crippen LogP contribution < -0.4 is 5.73 Å². The van der Waals surface area contributed by atoms with Gasteiger partial charge in [0.1, 0.15) is 0 Å². The third-order valence-corrected chi connectivity index (χ3v) is 3.96. The van der Waals surface area contributed by atoms with Crippen molar-refractivity contribution in [2.24, 2.45) is 11.1 Å². The highest BCUT2D eigenvalue weighted by Crippen LogP contribution is 2.55. The van der Waals surface area contributed by atoms with Crippen molar-refractivity contribution in [3.63, 3.8) is 0 Å². The summed E-state index contributed by atoms with van der Waals surface area (Å²) >= 11 is 0. The van der Waals surface area contributed by atoms with Gasteiger partial charge in [-0.2, -0.15) is 0 Å². The molecule has 0 aromatic carbocycles. The highest BCUT2D eigenvalue weighted by molar-refractivity contribution is 5.15. The molecule has 3 N–H and O–H groups in total. The molecule has 2 rings (SSSR count). The van der Waals surface area contributed by atoms with E-state index in [0.717, 1.165) is 25.7 Å². The first kappa shape index (κ1) is 9.47. The first-order valence-electron chi connectivity index (χ1n) is 5.38. The lowest BCUT2D eigenvalue weighted by Gasteiger charge is -2.57. The van der Waals surface area contributed by atoms with Gasteiger partial charge >= 0.3 is 0 Å². The van der Waals surface area contributed by atoms with Crippen LogP contribution >= 0.6 is 0 Å². The Balaban J connectivity index is 2.09. The minimum atomic E-state index is -0.549. The van der Waals surface area contributed by atoms with Gasteiger partial charge in [0.05, 0.1) is 5.60 Å². The van der Waals surface area contributed by atoms with Gasteiger partial charge in [-0.1, -0.05) is 26.7 Å². The molecular formula is C11H21NO. The minimum Gasteiger partial charge on any atom is -0.388 e. The van der Waals surface area contributed by atoms with Gasteiger partial charge in [-0.15, -0.1) is 0 Å². The van der Waals surface area contributed by atoms with E-state index in [9.17, 15) is 5.11 Å². The monoisotopic (exact) mass is 183 g/mol. The second kappa shape index (κ2) is 2.48. The molecule has 0 atom stereocenters. The fraction of sp³-hybridized carbons (Fsp3) is 1.00. The quantitative estimate of drug-likeness (QED) is 0.651. The van der Waals surface area contributed by atoms with Gasteiger partial charge in [0.2, 0.25) is 0 Å². The van der Waals surface area contributed by atoms with Crippen molar-refractivity contribution < 1.29 is 5.11 Å². The van der Waals surface area contributed by atoms with Crippen LogP contribution in [0.2, 0.25) is 0 Å². The van der Waals surface area contributed by atoms with Crippen molar-refractivity contribution in [3.8, 4) is 0 Å². The fourth-order valence-corrected chi connectivity index (χ4v) is 3.35. The molecule has 2 heteroatoms. The van der Waals surface area contributed by atoms with Crippen LogP contribution in [0.15, 0.2) is 0 Å². The predicted molar refractivity (Wildman–Crippen MR) is 53.4 cm³/mol. The van der Waals surface area contributed by atoms with E-state index in [1.165, 1.54) is 12.8 Å². The lowest BCUT2D eigenvalue weighted by atomic mass is 9.54. The molecule has 0 unspecified atom stereocenters. The Labute approximate surface area is 80.5 Å². The summed E-state index contributed by atoms with van der Waals surface area (Å²) < 4.78 is 0. The average Bonchev–Trinajstić information content (AvgIpc) is 2.32. The standard InChI is InChI=1S/C11H21NO/c1-9(2)7-11(13,8-9)10(12)5-3-4-6-10/h13H,3-8,12H2,1-2H3. The molecule has 0 aliphatic heterocycles. The Morgan fingerprint density at radius 2 is 1.54 bits per heavy atom. The van der Waals surface area contributed by atoms with E-state index in [1.807, 2.05) is 0 Å². The van der Waals surface area contributed by atoms with Gasteiger partial charge < -0.3 is 10.8 Å². The van der Waals surface area contributed by atoms with Crippen molar-refractivity contribution in [2.45, 2.75) is 63.5 Å². The van der Waals surface area contributed by atoms with E-state index in [-0.39, 0.29) is 5.54 Å². The van der Waals surface area contributed by atoms with Gasteiger partial charge in [-0.25, -0.2) is 0 Å². The third kappa shape index (κ3) is 1.31. The maximum Gasteiger partial charge on any atom is 0.0836 e. The van der Waals surface area contributed by atoms with E-state index in [2.05, 4.69) is 13.8 Å². The summed E-state index contributed by atoms with van der Waals surface area (Å²) in [7, 11) is 0. The summed E-state index contributed by atoms with van der Waals surface area (Å²) in [4.78, 5) is 0. The first-order valence-corrected chi connectivity index (χ1v) is 5.38. The summed E-state index contributed by atoms with van der Waals surface area (Å²) in [6.45, 7) is 4.42. The van der Waals surface area contributed by atoms with Crippen LogP contribution in [0.5, 0.6) is 0 Å². The molecule has 13 heavy (non-hydrogen) atoms. The molecule has 2 aliphatic carbocycles. The smallest absolute Gasteiger partial charge is 0.0836 e. The van der Waals surface area contributed by atoms with Gasteiger partial charge in [0, 0.05) is 5.54 Å². The number of hydrogen-bond acceptors (Lipinski definition) is 2. The van der Waals surface area contributed by atoms with Crippen LogP contribution in [0.25, 0.3) is 0 Å². The molecule has 2 nitrogen and oxygen atoms in total. The summed E-state index contributed by atoms with van der Waals surface area (Å²) in [5.74, 6) is 0. The molecule has 2 fully saturated rings. The molecule has 0 aromatic rings. The normalized spacial score (nSPS) is 34.2. The number of aliphatic hydroxyl groups is 1.